The van der Waals surface area contributed by atoms with Crippen molar-refractivity contribution < 1.29 is 9.90 Å². The molecule has 0 saturated heterocycles. The standard InChI is InChI=1S/C15H26N3O2PS/c1-5-9-17(10-6-2)15(21-22,16-13-14(19)20)18(11-7-3)12-8-4/h5-8,16H,1-4,9-13,21H2,(H,19,20). The van der Waals surface area contributed by atoms with Gasteiger partial charge in [0.1, 0.15) is 0 Å². The lowest BCUT2D eigenvalue weighted by Gasteiger charge is -2.48. The van der Waals surface area contributed by atoms with Gasteiger partial charge in [-0.2, -0.15) is 0 Å². The molecule has 0 aliphatic heterocycles. The second kappa shape index (κ2) is 11.5. The van der Waals surface area contributed by atoms with Crippen molar-refractivity contribution in [3.63, 3.8) is 0 Å². The first kappa shape index (κ1) is 21.0. The van der Waals surface area contributed by atoms with E-state index in [4.69, 9.17) is 16.9 Å². The summed E-state index contributed by atoms with van der Waals surface area (Å²) in [6.07, 6.45) is 7.08. The fourth-order valence-corrected chi connectivity index (χ4v) is 4.20. The molecule has 0 bridgehead atoms. The summed E-state index contributed by atoms with van der Waals surface area (Å²) in [5.74, 6) is -0.929. The molecule has 0 spiro atoms. The summed E-state index contributed by atoms with van der Waals surface area (Å²) in [5, 5.41) is 12.2. The molecular weight excluding hydrogens is 317 g/mol. The highest BCUT2D eigenvalue weighted by Crippen LogP contribution is 2.30. The van der Waals surface area contributed by atoms with Crippen molar-refractivity contribution in [1.82, 2.24) is 15.1 Å². The molecule has 0 aliphatic rings. The highest BCUT2D eigenvalue weighted by molar-refractivity contribution is 7.97. The van der Waals surface area contributed by atoms with Gasteiger partial charge in [-0.25, -0.2) is 0 Å². The van der Waals surface area contributed by atoms with E-state index >= 15 is 0 Å². The van der Waals surface area contributed by atoms with Crippen molar-refractivity contribution in [2.75, 3.05) is 32.7 Å². The Bertz CT molecular complexity index is 385. The maximum absolute atomic E-state index is 11.0. The molecule has 124 valence electrons. The first-order valence-electron chi connectivity index (χ1n) is 6.89. The Kier molecular flexibility index (Phi) is 11.0. The molecule has 1 atom stereocenters. The highest BCUT2D eigenvalue weighted by Gasteiger charge is 2.38. The van der Waals surface area contributed by atoms with Crippen LogP contribution in [0, 0.1) is 0 Å². The molecule has 22 heavy (non-hydrogen) atoms. The van der Waals surface area contributed by atoms with E-state index in [0.29, 0.717) is 26.2 Å². The summed E-state index contributed by atoms with van der Waals surface area (Å²) < 4.78 is 0. The van der Waals surface area contributed by atoms with E-state index in [1.54, 1.807) is 24.3 Å². The Balaban J connectivity index is 5.79. The number of hydrogen-bond acceptors (Lipinski definition) is 5. The predicted octanol–water partition coefficient (Wildman–Crippen LogP) is 1.49. The Hall–Kier alpha value is -1.04. The molecule has 0 aromatic rings. The van der Waals surface area contributed by atoms with E-state index < -0.39 is 18.9 Å². The number of nitrogens with one attached hydrogen (secondary N) is 1. The minimum Gasteiger partial charge on any atom is -0.480 e. The molecule has 0 aliphatic carbocycles. The third-order valence-corrected chi connectivity index (χ3v) is 5.28. The number of hydrogen-bond donors (Lipinski definition) is 2. The number of carbonyl (C=O) groups is 1. The lowest BCUT2D eigenvalue weighted by molar-refractivity contribution is -0.137. The van der Waals surface area contributed by atoms with Gasteiger partial charge in [0, 0.05) is 26.2 Å². The van der Waals surface area contributed by atoms with Gasteiger partial charge in [-0.05, 0) is 7.36 Å². The second-order valence-corrected chi connectivity index (χ2v) is 6.30. The van der Waals surface area contributed by atoms with Gasteiger partial charge in [0.15, 0.2) is 5.53 Å². The summed E-state index contributed by atoms with van der Waals surface area (Å²) in [6, 6.07) is 0. The zero-order valence-electron chi connectivity index (χ0n) is 12.9. The highest BCUT2D eigenvalue weighted by atomic mass is 32.4. The van der Waals surface area contributed by atoms with Gasteiger partial charge < -0.3 is 5.11 Å². The summed E-state index contributed by atoms with van der Waals surface area (Å²) in [6.45, 7) is 17.2. The van der Waals surface area contributed by atoms with Crippen LogP contribution >= 0.6 is 7.36 Å². The number of carboxylic acid groups (broad SMARTS) is 1. The molecule has 1 unspecified atom stereocenters. The smallest absolute Gasteiger partial charge is 0.317 e. The Labute approximate surface area is 139 Å². The van der Waals surface area contributed by atoms with Gasteiger partial charge in [-0.1, -0.05) is 36.1 Å². The van der Waals surface area contributed by atoms with Crippen LogP contribution in [0.1, 0.15) is 0 Å². The fraction of sp³-hybridized carbons (Fsp3) is 0.400. The average Bonchev–Trinajstić information content (AvgIpc) is 2.48. The third-order valence-electron chi connectivity index (χ3n) is 3.03. The zero-order valence-corrected chi connectivity index (χ0v) is 14.9. The minimum atomic E-state index is -0.929. The molecule has 0 fully saturated rings. The van der Waals surface area contributed by atoms with Crippen molar-refractivity contribution in [1.29, 1.82) is 0 Å². The maximum Gasteiger partial charge on any atom is 0.317 e. The molecule has 2 N–H and O–H groups in total. The Morgan fingerprint density at radius 3 is 1.64 bits per heavy atom. The number of aliphatic carboxylic acids is 1. The topological polar surface area (TPSA) is 55.8 Å². The molecule has 0 heterocycles. The van der Waals surface area contributed by atoms with Gasteiger partial charge in [0.2, 0.25) is 0 Å². The van der Waals surface area contributed by atoms with Crippen LogP contribution in [-0.4, -0.2) is 59.1 Å². The van der Waals surface area contributed by atoms with E-state index in [9.17, 15) is 4.79 Å². The van der Waals surface area contributed by atoms with Crippen LogP contribution in [0.15, 0.2) is 50.6 Å². The molecule has 0 amide bonds. The van der Waals surface area contributed by atoms with Crippen LogP contribution in [0.3, 0.4) is 0 Å². The van der Waals surface area contributed by atoms with E-state index in [0.717, 1.165) is 0 Å². The van der Waals surface area contributed by atoms with Crippen molar-refractivity contribution in [3.8, 4) is 0 Å². The van der Waals surface area contributed by atoms with E-state index in [1.807, 2.05) is 9.80 Å². The Morgan fingerprint density at radius 1 is 1.05 bits per heavy atom. The summed E-state index contributed by atoms with van der Waals surface area (Å²) in [5.41, 5.74) is -0.738. The number of rotatable bonds is 14. The maximum atomic E-state index is 11.0. The fourth-order valence-electron chi connectivity index (χ4n) is 2.15. The summed E-state index contributed by atoms with van der Waals surface area (Å²) in [7, 11) is -0.570. The molecule has 5 nitrogen and oxygen atoms in total. The first-order chi connectivity index (χ1) is 10.5. The lowest BCUT2D eigenvalue weighted by atomic mass is 10.3. The van der Waals surface area contributed by atoms with Crippen molar-refractivity contribution in [2.24, 2.45) is 0 Å². The molecule has 0 aromatic heterocycles. The minimum absolute atomic E-state index is 0.181. The predicted molar refractivity (Wildman–Crippen MR) is 99.4 cm³/mol. The third kappa shape index (κ3) is 5.99. The molecular formula is C15H26N3O2PS. The Morgan fingerprint density at radius 2 is 1.41 bits per heavy atom. The monoisotopic (exact) mass is 343 g/mol. The van der Waals surface area contributed by atoms with Crippen molar-refractivity contribution in [2.45, 2.75) is 5.53 Å². The summed E-state index contributed by atoms with van der Waals surface area (Å²) in [4.78, 5) is 15.1. The lowest BCUT2D eigenvalue weighted by Crippen LogP contribution is -2.66. The molecule has 0 aromatic carbocycles. The molecule has 0 saturated carbocycles. The molecule has 7 heteroatoms. The largest absolute Gasteiger partial charge is 0.480 e. The van der Waals surface area contributed by atoms with Crippen LogP contribution in [0.25, 0.3) is 0 Å². The average molecular weight is 343 g/mol. The van der Waals surface area contributed by atoms with Gasteiger partial charge in [0.25, 0.3) is 0 Å². The molecule has 0 rings (SSSR count). The van der Waals surface area contributed by atoms with E-state index in [-0.39, 0.29) is 6.54 Å². The van der Waals surface area contributed by atoms with Crippen LogP contribution < -0.4 is 5.32 Å². The van der Waals surface area contributed by atoms with E-state index in [1.165, 1.54) is 0 Å². The second-order valence-electron chi connectivity index (χ2n) is 4.56. The SMILES string of the molecule is C=CCN(CC=C)C(NCC(=O)O)([PH2]=S)N(CC=C)CC=C. The van der Waals surface area contributed by atoms with Crippen molar-refractivity contribution in [3.05, 3.63) is 50.6 Å². The zero-order chi connectivity index (χ0) is 17.0. The van der Waals surface area contributed by atoms with E-state index in [2.05, 4.69) is 31.6 Å². The first-order valence-corrected chi connectivity index (χ1v) is 9.35. The van der Waals surface area contributed by atoms with Crippen LogP contribution in [0.5, 0.6) is 0 Å². The number of nitrogens with zero attached hydrogens (tertiary/aromatic N) is 2. The van der Waals surface area contributed by atoms with Crippen molar-refractivity contribution >= 4 is 25.1 Å². The van der Waals surface area contributed by atoms with Gasteiger partial charge >= 0.3 is 5.97 Å². The van der Waals surface area contributed by atoms with Crippen LogP contribution in [-0.2, 0) is 16.6 Å². The quantitative estimate of drug-likeness (QED) is 0.283. The summed E-state index contributed by atoms with van der Waals surface area (Å²) >= 11 is 5.45. The van der Waals surface area contributed by atoms with Gasteiger partial charge in [-0.15, -0.1) is 26.3 Å². The van der Waals surface area contributed by atoms with Crippen LogP contribution in [0.2, 0.25) is 0 Å². The number of carboxylic acids is 1. The van der Waals surface area contributed by atoms with Gasteiger partial charge in [-0.3, -0.25) is 19.9 Å². The normalized spacial score (nSPS) is 11.9. The molecule has 0 radical (unpaired) electrons. The van der Waals surface area contributed by atoms with Crippen LogP contribution in [0.4, 0.5) is 0 Å². The van der Waals surface area contributed by atoms with Gasteiger partial charge in [0.05, 0.1) is 6.54 Å².